The van der Waals surface area contributed by atoms with Gasteiger partial charge in [0.15, 0.2) is 0 Å². The molecule has 2 unspecified atom stereocenters. The maximum absolute atomic E-state index is 6.22. The van der Waals surface area contributed by atoms with Crippen molar-refractivity contribution in [2.45, 2.75) is 44.4 Å². The number of likely N-dealkylation sites (tertiary alicyclic amines) is 1. The van der Waals surface area contributed by atoms with Crippen molar-refractivity contribution in [3.8, 4) is 5.75 Å². The number of furan rings is 1. The topological polar surface area (TPSA) is 47.7 Å². The Kier molecular flexibility index (Phi) is 4.29. The molecule has 0 aromatic carbocycles. The molecule has 2 aromatic rings. The summed E-state index contributed by atoms with van der Waals surface area (Å²) in [6, 6.07) is 7.94. The Balaban J connectivity index is 1.36. The predicted octanol–water partition coefficient (Wildman–Crippen LogP) is 3.19. The van der Waals surface area contributed by atoms with Crippen molar-refractivity contribution < 1.29 is 13.9 Å². The Morgan fingerprint density at radius 3 is 3.12 bits per heavy atom. The number of hydrogen-bond acceptors (Lipinski definition) is 5. The first-order valence-electron chi connectivity index (χ1n) is 8.69. The maximum Gasteiger partial charge on any atom is 0.138 e. The first-order valence-corrected chi connectivity index (χ1v) is 8.69. The molecule has 4 rings (SSSR count). The smallest absolute Gasteiger partial charge is 0.138 e. The minimum Gasteiger partial charge on any atom is -0.486 e. The number of hydrogen-bond donors (Lipinski definition) is 0. The van der Waals surface area contributed by atoms with E-state index >= 15 is 0 Å². The zero-order chi connectivity index (χ0) is 16.4. The molecule has 2 aromatic heterocycles. The van der Waals surface area contributed by atoms with Gasteiger partial charge >= 0.3 is 0 Å². The van der Waals surface area contributed by atoms with E-state index in [0.29, 0.717) is 6.61 Å². The zero-order valence-electron chi connectivity index (χ0n) is 14.1. The van der Waals surface area contributed by atoms with E-state index < -0.39 is 0 Å². The van der Waals surface area contributed by atoms with Crippen LogP contribution in [0.4, 0.5) is 0 Å². The summed E-state index contributed by atoms with van der Waals surface area (Å²) in [5.74, 6) is 2.83. The van der Waals surface area contributed by atoms with Crippen molar-refractivity contribution in [2.75, 3.05) is 19.7 Å². The summed E-state index contributed by atoms with van der Waals surface area (Å²) in [4.78, 5) is 6.55. The predicted molar refractivity (Wildman–Crippen MR) is 89.9 cm³/mol. The van der Waals surface area contributed by atoms with Gasteiger partial charge in [-0.25, -0.2) is 0 Å². The van der Waals surface area contributed by atoms with Crippen LogP contribution in [0.15, 0.2) is 41.1 Å². The van der Waals surface area contributed by atoms with E-state index in [2.05, 4.69) is 16.0 Å². The molecule has 5 heteroatoms. The summed E-state index contributed by atoms with van der Waals surface area (Å²) in [7, 11) is 0. The fourth-order valence-corrected chi connectivity index (χ4v) is 3.89. The van der Waals surface area contributed by atoms with E-state index in [1.807, 2.05) is 25.1 Å². The van der Waals surface area contributed by atoms with Crippen LogP contribution >= 0.6 is 0 Å². The minimum absolute atomic E-state index is 0.0766. The SMILES string of the molecule is Cc1ccc(CN2CCCC3(CC(Oc4cccnc4)CO3)C2)o1. The van der Waals surface area contributed by atoms with Gasteiger partial charge in [-0.15, -0.1) is 0 Å². The number of pyridine rings is 1. The maximum atomic E-state index is 6.22. The number of piperidine rings is 1. The van der Waals surface area contributed by atoms with Crippen molar-refractivity contribution in [1.82, 2.24) is 9.88 Å². The summed E-state index contributed by atoms with van der Waals surface area (Å²) in [6.45, 7) is 5.54. The molecular weight excluding hydrogens is 304 g/mol. The van der Waals surface area contributed by atoms with Gasteiger partial charge < -0.3 is 13.9 Å². The monoisotopic (exact) mass is 328 g/mol. The first kappa shape index (κ1) is 15.7. The van der Waals surface area contributed by atoms with Crippen LogP contribution in [-0.4, -0.2) is 41.3 Å². The quantitative estimate of drug-likeness (QED) is 0.863. The van der Waals surface area contributed by atoms with Gasteiger partial charge in [-0.2, -0.15) is 0 Å². The lowest BCUT2D eigenvalue weighted by molar-refractivity contribution is -0.0550. The number of aryl methyl sites for hydroxylation is 1. The van der Waals surface area contributed by atoms with Crippen molar-refractivity contribution in [3.05, 3.63) is 48.2 Å². The average molecular weight is 328 g/mol. The normalized spacial score (nSPS) is 27.6. The summed E-state index contributed by atoms with van der Waals surface area (Å²) in [6.07, 6.45) is 6.83. The molecule has 2 aliphatic rings. The molecule has 0 bridgehead atoms. The third kappa shape index (κ3) is 3.47. The van der Waals surface area contributed by atoms with Crippen LogP contribution < -0.4 is 4.74 Å². The van der Waals surface area contributed by atoms with Crippen LogP contribution in [0.2, 0.25) is 0 Å². The lowest BCUT2D eigenvalue weighted by atomic mass is 9.89. The van der Waals surface area contributed by atoms with Crippen molar-refractivity contribution in [1.29, 1.82) is 0 Å². The molecule has 0 aliphatic carbocycles. The highest BCUT2D eigenvalue weighted by atomic mass is 16.6. The van der Waals surface area contributed by atoms with Gasteiger partial charge in [0, 0.05) is 19.2 Å². The van der Waals surface area contributed by atoms with Gasteiger partial charge in [0.05, 0.1) is 24.9 Å². The second-order valence-corrected chi connectivity index (χ2v) is 6.95. The van der Waals surface area contributed by atoms with Gasteiger partial charge in [-0.1, -0.05) is 0 Å². The molecule has 5 nitrogen and oxygen atoms in total. The molecule has 2 atom stereocenters. The van der Waals surface area contributed by atoms with E-state index in [1.54, 1.807) is 12.4 Å². The molecule has 0 N–H and O–H groups in total. The lowest BCUT2D eigenvalue weighted by Crippen LogP contribution is -2.47. The second kappa shape index (κ2) is 6.57. The number of nitrogens with zero attached hydrogens (tertiary/aromatic N) is 2. The Morgan fingerprint density at radius 2 is 2.33 bits per heavy atom. The number of aromatic nitrogens is 1. The van der Waals surface area contributed by atoms with Crippen LogP contribution in [-0.2, 0) is 11.3 Å². The highest BCUT2D eigenvalue weighted by molar-refractivity contribution is 5.16. The molecule has 2 aliphatic heterocycles. The third-order valence-corrected chi connectivity index (χ3v) is 4.91. The van der Waals surface area contributed by atoms with Crippen LogP contribution in [0.5, 0.6) is 5.75 Å². The fraction of sp³-hybridized carbons (Fsp3) is 0.526. The molecule has 2 saturated heterocycles. The van der Waals surface area contributed by atoms with Crippen LogP contribution in [0.25, 0.3) is 0 Å². The lowest BCUT2D eigenvalue weighted by Gasteiger charge is -2.39. The van der Waals surface area contributed by atoms with Gasteiger partial charge in [-0.3, -0.25) is 9.88 Å². The Bertz CT molecular complexity index is 672. The fourth-order valence-electron chi connectivity index (χ4n) is 3.89. The van der Waals surface area contributed by atoms with Crippen LogP contribution in [0.3, 0.4) is 0 Å². The standard InChI is InChI=1S/C19H24N2O3/c1-15-5-6-17(23-15)12-21-9-3-7-19(14-21)10-18(13-22-19)24-16-4-2-8-20-11-16/h2,4-6,8,11,18H,3,7,9-10,12-14H2,1H3. The highest BCUT2D eigenvalue weighted by Crippen LogP contribution is 2.36. The summed E-state index contributed by atoms with van der Waals surface area (Å²) < 4.78 is 18.0. The molecule has 0 saturated carbocycles. The van der Waals surface area contributed by atoms with Gasteiger partial charge in [0.2, 0.25) is 0 Å². The minimum atomic E-state index is -0.0766. The molecule has 128 valence electrons. The Morgan fingerprint density at radius 1 is 1.38 bits per heavy atom. The molecule has 24 heavy (non-hydrogen) atoms. The van der Waals surface area contributed by atoms with Gasteiger partial charge in [-0.05, 0) is 50.6 Å². The largest absolute Gasteiger partial charge is 0.486 e. The van der Waals surface area contributed by atoms with E-state index in [4.69, 9.17) is 13.9 Å². The second-order valence-electron chi connectivity index (χ2n) is 6.95. The Labute approximate surface area is 142 Å². The van der Waals surface area contributed by atoms with Crippen LogP contribution in [0.1, 0.15) is 30.8 Å². The molecular formula is C19H24N2O3. The first-order chi connectivity index (χ1) is 11.7. The highest BCUT2D eigenvalue weighted by Gasteiger charge is 2.44. The summed E-state index contributed by atoms with van der Waals surface area (Å²) in [5.41, 5.74) is -0.0766. The molecule has 2 fully saturated rings. The molecule has 0 amide bonds. The average Bonchev–Trinajstić information content (AvgIpc) is 3.15. The van der Waals surface area contributed by atoms with Crippen molar-refractivity contribution in [2.24, 2.45) is 0 Å². The third-order valence-electron chi connectivity index (χ3n) is 4.91. The number of rotatable bonds is 4. The van der Waals surface area contributed by atoms with E-state index in [9.17, 15) is 0 Å². The molecule has 4 heterocycles. The Hall–Kier alpha value is -1.85. The summed E-state index contributed by atoms with van der Waals surface area (Å²) >= 11 is 0. The number of ether oxygens (including phenoxy) is 2. The molecule has 1 spiro atoms. The van der Waals surface area contributed by atoms with Gasteiger partial charge in [0.25, 0.3) is 0 Å². The zero-order valence-corrected chi connectivity index (χ0v) is 14.1. The van der Waals surface area contributed by atoms with E-state index in [-0.39, 0.29) is 11.7 Å². The molecule has 0 radical (unpaired) electrons. The van der Waals surface area contributed by atoms with E-state index in [1.165, 1.54) is 0 Å². The van der Waals surface area contributed by atoms with Gasteiger partial charge in [0.1, 0.15) is 23.4 Å². The van der Waals surface area contributed by atoms with Crippen molar-refractivity contribution >= 4 is 0 Å². The van der Waals surface area contributed by atoms with Crippen molar-refractivity contribution in [3.63, 3.8) is 0 Å². The van der Waals surface area contributed by atoms with Crippen LogP contribution in [0, 0.1) is 6.92 Å². The summed E-state index contributed by atoms with van der Waals surface area (Å²) in [5, 5.41) is 0. The van der Waals surface area contributed by atoms with E-state index in [0.717, 1.165) is 56.2 Å².